The summed E-state index contributed by atoms with van der Waals surface area (Å²) in [5, 5.41) is 22.4. The third kappa shape index (κ3) is 5.32. The van der Waals surface area contributed by atoms with E-state index in [2.05, 4.69) is 5.32 Å². The first-order chi connectivity index (χ1) is 11.0. The summed E-state index contributed by atoms with van der Waals surface area (Å²) in [6.07, 6.45) is -0.687. The van der Waals surface area contributed by atoms with Gasteiger partial charge in [-0.1, -0.05) is 23.4 Å². The van der Waals surface area contributed by atoms with Crippen LogP contribution < -0.4 is 5.32 Å². The lowest BCUT2D eigenvalue weighted by Gasteiger charge is -2.12. The number of aliphatic hydroxyl groups excluding tert-OH is 1. The van der Waals surface area contributed by atoms with Crippen molar-refractivity contribution in [3.05, 3.63) is 53.1 Å². The van der Waals surface area contributed by atoms with Gasteiger partial charge in [0.1, 0.15) is 0 Å². The maximum atomic E-state index is 11.5. The molecule has 0 saturated heterocycles. The van der Waals surface area contributed by atoms with E-state index >= 15 is 0 Å². The van der Waals surface area contributed by atoms with Gasteiger partial charge in [-0.2, -0.15) is 0 Å². The minimum absolute atomic E-state index is 0.114. The molecule has 122 valence electrons. The SMILES string of the molecule is O=C(O)c1cc(NCC(O)CCl)ccc1Sc1ccc(Cl)cc1. The van der Waals surface area contributed by atoms with Crippen LogP contribution in [0.1, 0.15) is 10.4 Å². The Morgan fingerprint density at radius 3 is 2.52 bits per heavy atom. The topological polar surface area (TPSA) is 69.6 Å². The molecule has 2 aromatic rings. The molecule has 1 unspecified atom stereocenters. The second-order valence-electron chi connectivity index (χ2n) is 4.76. The quantitative estimate of drug-likeness (QED) is 0.636. The van der Waals surface area contributed by atoms with Crippen molar-refractivity contribution in [2.75, 3.05) is 17.7 Å². The third-order valence-corrected chi connectivity index (χ3v) is 4.66. The Labute approximate surface area is 148 Å². The summed E-state index contributed by atoms with van der Waals surface area (Å²) >= 11 is 12.7. The van der Waals surface area contributed by atoms with Crippen molar-refractivity contribution < 1.29 is 15.0 Å². The summed E-state index contributed by atoms with van der Waals surface area (Å²) in [4.78, 5) is 13.0. The first-order valence-corrected chi connectivity index (χ1v) is 8.51. The largest absolute Gasteiger partial charge is 0.478 e. The Bertz CT molecular complexity index is 680. The van der Waals surface area contributed by atoms with E-state index in [4.69, 9.17) is 23.2 Å². The number of alkyl halides is 1. The summed E-state index contributed by atoms with van der Waals surface area (Å²) in [5.74, 6) is -0.897. The number of carboxylic acids is 1. The van der Waals surface area contributed by atoms with Crippen molar-refractivity contribution in [2.45, 2.75) is 15.9 Å². The molecule has 0 aliphatic carbocycles. The van der Waals surface area contributed by atoms with E-state index in [1.54, 1.807) is 30.3 Å². The number of hydrogen-bond acceptors (Lipinski definition) is 4. The number of benzene rings is 2. The van der Waals surface area contributed by atoms with Gasteiger partial charge in [0.15, 0.2) is 0 Å². The van der Waals surface area contributed by atoms with Crippen molar-refractivity contribution in [1.82, 2.24) is 0 Å². The predicted molar refractivity (Wildman–Crippen MR) is 94.2 cm³/mol. The lowest BCUT2D eigenvalue weighted by Crippen LogP contribution is -2.20. The van der Waals surface area contributed by atoms with Crippen LogP contribution in [0.3, 0.4) is 0 Å². The summed E-state index contributed by atoms with van der Waals surface area (Å²) in [7, 11) is 0. The molecular formula is C16H15Cl2NO3S. The molecule has 2 aromatic carbocycles. The van der Waals surface area contributed by atoms with Gasteiger partial charge in [-0.25, -0.2) is 4.79 Å². The molecule has 3 N–H and O–H groups in total. The van der Waals surface area contributed by atoms with E-state index in [0.717, 1.165) is 4.90 Å². The number of hydrogen-bond donors (Lipinski definition) is 3. The van der Waals surface area contributed by atoms with Gasteiger partial charge in [0, 0.05) is 27.0 Å². The number of rotatable bonds is 7. The number of carboxylic acid groups (broad SMARTS) is 1. The number of nitrogens with one attached hydrogen (secondary N) is 1. The molecule has 2 rings (SSSR count). The summed E-state index contributed by atoms with van der Waals surface area (Å²) in [6.45, 7) is 0.256. The van der Waals surface area contributed by atoms with Gasteiger partial charge in [0.05, 0.1) is 17.5 Å². The van der Waals surface area contributed by atoms with Gasteiger partial charge >= 0.3 is 5.97 Å². The lowest BCUT2D eigenvalue weighted by molar-refractivity contribution is 0.0693. The molecule has 0 aromatic heterocycles. The van der Waals surface area contributed by atoms with Gasteiger partial charge in [0.25, 0.3) is 0 Å². The number of aromatic carboxylic acids is 1. The third-order valence-electron chi connectivity index (χ3n) is 2.97. The fourth-order valence-corrected chi connectivity index (χ4v) is 2.97. The Morgan fingerprint density at radius 1 is 1.22 bits per heavy atom. The van der Waals surface area contributed by atoms with E-state index in [1.165, 1.54) is 11.8 Å². The second kappa shape index (κ2) is 8.45. The molecule has 0 saturated carbocycles. The zero-order chi connectivity index (χ0) is 16.8. The molecule has 4 nitrogen and oxygen atoms in total. The van der Waals surface area contributed by atoms with Crippen LogP contribution in [-0.4, -0.2) is 34.7 Å². The van der Waals surface area contributed by atoms with Crippen LogP contribution >= 0.6 is 35.0 Å². The van der Waals surface area contributed by atoms with Crippen LogP contribution in [-0.2, 0) is 0 Å². The fraction of sp³-hybridized carbons (Fsp3) is 0.188. The predicted octanol–water partition coefficient (Wildman–Crippen LogP) is 4.20. The van der Waals surface area contributed by atoms with E-state index in [9.17, 15) is 15.0 Å². The molecule has 0 aliphatic heterocycles. The first-order valence-electron chi connectivity index (χ1n) is 6.78. The summed E-state index contributed by atoms with van der Waals surface area (Å²) in [6, 6.07) is 12.2. The molecule has 23 heavy (non-hydrogen) atoms. The van der Waals surface area contributed by atoms with E-state index in [-0.39, 0.29) is 18.0 Å². The second-order valence-corrected chi connectivity index (χ2v) is 6.62. The average molecular weight is 372 g/mol. The van der Waals surface area contributed by atoms with E-state index in [1.807, 2.05) is 12.1 Å². The van der Waals surface area contributed by atoms with Crippen molar-refractivity contribution in [3.63, 3.8) is 0 Å². The average Bonchev–Trinajstić information content (AvgIpc) is 2.55. The van der Waals surface area contributed by atoms with Crippen LogP contribution in [0.15, 0.2) is 52.3 Å². The Balaban J connectivity index is 2.19. The summed E-state index contributed by atoms with van der Waals surface area (Å²) in [5.41, 5.74) is 0.808. The van der Waals surface area contributed by atoms with Crippen LogP contribution in [0, 0.1) is 0 Å². The Kier molecular flexibility index (Phi) is 6.59. The van der Waals surface area contributed by atoms with Crippen LogP contribution in [0.2, 0.25) is 5.02 Å². The number of anilines is 1. The molecule has 0 amide bonds. The van der Waals surface area contributed by atoms with Crippen molar-refractivity contribution >= 4 is 46.6 Å². The minimum Gasteiger partial charge on any atom is -0.478 e. The van der Waals surface area contributed by atoms with Gasteiger partial charge in [-0.3, -0.25) is 0 Å². The maximum Gasteiger partial charge on any atom is 0.336 e. The van der Waals surface area contributed by atoms with Gasteiger partial charge in [-0.15, -0.1) is 11.6 Å². The highest BCUT2D eigenvalue weighted by Crippen LogP contribution is 2.32. The normalized spacial score (nSPS) is 12.0. The highest BCUT2D eigenvalue weighted by molar-refractivity contribution is 7.99. The van der Waals surface area contributed by atoms with Crippen molar-refractivity contribution in [1.29, 1.82) is 0 Å². The smallest absolute Gasteiger partial charge is 0.336 e. The van der Waals surface area contributed by atoms with Gasteiger partial charge < -0.3 is 15.5 Å². The minimum atomic E-state index is -1.01. The maximum absolute atomic E-state index is 11.5. The van der Waals surface area contributed by atoms with Crippen molar-refractivity contribution in [3.8, 4) is 0 Å². The van der Waals surface area contributed by atoms with Crippen LogP contribution in [0.25, 0.3) is 0 Å². The number of halogens is 2. The first kappa shape index (κ1) is 17.9. The van der Waals surface area contributed by atoms with Crippen molar-refractivity contribution in [2.24, 2.45) is 0 Å². The molecule has 0 spiro atoms. The monoisotopic (exact) mass is 371 g/mol. The molecular weight excluding hydrogens is 357 g/mol. The van der Waals surface area contributed by atoms with Gasteiger partial charge in [0.2, 0.25) is 0 Å². The standard InChI is InChI=1S/C16H15Cl2NO3S/c17-8-12(20)9-19-11-3-6-15(14(7-11)16(21)22)23-13-4-1-10(18)2-5-13/h1-7,12,19-20H,8-9H2,(H,21,22). The van der Waals surface area contributed by atoms with Crippen LogP contribution in [0.4, 0.5) is 5.69 Å². The van der Waals surface area contributed by atoms with Crippen LogP contribution in [0.5, 0.6) is 0 Å². The molecule has 0 bridgehead atoms. The fourth-order valence-electron chi connectivity index (χ4n) is 1.82. The highest BCUT2D eigenvalue weighted by Gasteiger charge is 2.13. The lowest BCUT2D eigenvalue weighted by atomic mass is 10.2. The molecule has 0 radical (unpaired) electrons. The zero-order valence-corrected chi connectivity index (χ0v) is 14.3. The molecule has 0 fully saturated rings. The zero-order valence-electron chi connectivity index (χ0n) is 12.0. The molecule has 1 atom stereocenters. The van der Waals surface area contributed by atoms with E-state index in [0.29, 0.717) is 15.6 Å². The molecule has 0 aliphatic rings. The molecule has 7 heteroatoms. The highest BCUT2D eigenvalue weighted by atomic mass is 35.5. The summed E-state index contributed by atoms with van der Waals surface area (Å²) < 4.78 is 0. The molecule has 0 heterocycles. The Hall–Kier alpha value is -1.40. The van der Waals surface area contributed by atoms with Gasteiger partial charge in [-0.05, 0) is 42.5 Å². The number of carbonyl (C=O) groups is 1. The Morgan fingerprint density at radius 2 is 1.91 bits per heavy atom. The number of aliphatic hydroxyl groups is 1. The van der Waals surface area contributed by atoms with E-state index < -0.39 is 12.1 Å².